The van der Waals surface area contributed by atoms with Gasteiger partial charge in [-0.05, 0) is 52.0 Å². The summed E-state index contributed by atoms with van der Waals surface area (Å²) in [5.41, 5.74) is 0.0533. The van der Waals surface area contributed by atoms with Crippen molar-refractivity contribution in [3.05, 3.63) is 23.3 Å². The Balaban J connectivity index is 2.29. The van der Waals surface area contributed by atoms with E-state index in [1.54, 1.807) is 6.08 Å². The van der Waals surface area contributed by atoms with E-state index in [0.29, 0.717) is 22.6 Å². The molecule has 0 bridgehead atoms. The third-order valence-electron chi connectivity index (χ3n) is 3.69. The van der Waals surface area contributed by atoms with Crippen LogP contribution in [0.3, 0.4) is 0 Å². The number of benzene rings is 1. The molecule has 0 unspecified atom stereocenters. The van der Waals surface area contributed by atoms with Crippen LogP contribution < -0.4 is 14.2 Å². The van der Waals surface area contributed by atoms with Gasteiger partial charge in [0.2, 0.25) is 5.75 Å². The highest BCUT2D eigenvalue weighted by Crippen LogP contribution is 2.54. The molecule has 0 radical (unpaired) electrons. The zero-order chi connectivity index (χ0) is 17.0. The Morgan fingerprint density at radius 3 is 2.09 bits per heavy atom. The molecule has 0 saturated heterocycles. The smallest absolute Gasteiger partial charge is 0.308 e. The zero-order valence-corrected chi connectivity index (χ0v) is 13.9. The number of hydrogen-bond acceptors (Lipinski definition) is 5. The lowest BCUT2D eigenvalue weighted by molar-refractivity contribution is -0.132. The van der Waals surface area contributed by atoms with Crippen LogP contribution in [0, 0.1) is 0 Å². The Morgan fingerprint density at radius 2 is 1.52 bits per heavy atom. The molecule has 0 atom stereocenters. The SMILES string of the molecule is CC(=O)Oc1c(O)c2c(c3c1OC(C)(C)C=C3)OC(C)(C)C=C2. The molecular weight excluding hydrogens is 296 g/mol. The average Bonchev–Trinajstić information content (AvgIpc) is 2.41. The second-order valence-electron chi connectivity index (χ2n) is 6.83. The fourth-order valence-corrected chi connectivity index (χ4v) is 2.63. The summed E-state index contributed by atoms with van der Waals surface area (Å²) < 4.78 is 17.2. The second kappa shape index (κ2) is 4.78. The Kier molecular flexibility index (Phi) is 3.21. The van der Waals surface area contributed by atoms with Crippen molar-refractivity contribution in [1.29, 1.82) is 0 Å². The molecule has 0 aliphatic carbocycles. The van der Waals surface area contributed by atoms with Crippen molar-refractivity contribution in [3.8, 4) is 23.0 Å². The molecule has 3 rings (SSSR count). The van der Waals surface area contributed by atoms with Gasteiger partial charge in [0, 0.05) is 6.92 Å². The van der Waals surface area contributed by atoms with Crippen LogP contribution in [0.1, 0.15) is 45.7 Å². The van der Waals surface area contributed by atoms with Crippen LogP contribution in [0.5, 0.6) is 23.0 Å². The first kappa shape index (κ1) is 15.5. The molecule has 0 spiro atoms. The van der Waals surface area contributed by atoms with Gasteiger partial charge in [-0.15, -0.1) is 0 Å². The van der Waals surface area contributed by atoms with Gasteiger partial charge in [0.05, 0.1) is 11.1 Å². The molecule has 122 valence electrons. The van der Waals surface area contributed by atoms with Crippen LogP contribution in [0.2, 0.25) is 0 Å². The lowest BCUT2D eigenvalue weighted by Crippen LogP contribution is -2.31. The molecule has 1 aromatic carbocycles. The highest BCUT2D eigenvalue weighted by atomic mass is 16.6. The first-order chi connectivity index (χ1) is 10.6. The number of esters is 1. The first-order valence-electron chi connectivity index (χ1n) is 7.47. The first-order valence-corrected chi connectivity index (χ1v) is 7.47. The molecule has 1 N–H and O–H groups in total. The maximum atomic E-state index is 11.4. The number of fused-ring (bicyclic) bond motifs is 3. The second-order valence-corrected chi connectivity index (χ2v) is 6.83. The van der Waals surface area contributed by atoms with Crippen molar-refractivity contribution in [2.45, 2.75) is 45.8 Å². The van der Waals surface area contributed by atoms with Gasteiger partial charge < -0.3 is 19.3 Å². The Labute approximate surface area is 135 Å². The maximum Gasteiger partial charge on any atom is 0.308 e. The number of rotatable bonds is 1. The molecule has 2 aliphatic rings. The predicted molar refractivity (Wildman–Crippen MR) is 86.9 cm³/mol. The van der Waals surface area contributed by atoms with E-state index in [2.05, 4.69) is 0 Å². The molecule has 0 saturated carbocycles. The fraction of sp³-hybridized carbons (Fsp3) is 0.389. The molecular formula is C18H20O5. The number of phenolic OH excluding ortho intramolecular Hbond substituents is 1. The summed E-state index contributed by atoms with van der Waals surface area (Å²) in [7, 11) is 0. The summed E-state index contributed by atoms with van der Waals surface area (Å²) >= 11 is 0. The van der Waals surface area contributed by atoms with Crippen LogP contribution in [0.25, 0.3) is 12.2 Å². The highest BCUT2D eigenvalue weighted by Gasteiger charge is 2.35. The maximum absolute atomic E-state index is 11.4. The zero-order valence-electron chi connectivity index (χ0n) is 13.9. The van der Waals surface area contributed by atoms with Crippen molar-refractivity contribution in [2.24, 2.45) is 0 Å². The van der Waals surface area contributed by atoms with Gasteiger partial charge in [-0.3, -0.25) is 4.79 Å². The van der Waals surface area contributed by atoms with Gasteiger partial charge in [0.25, 0.3) is 0 Å². The standard InChI is InChI=1S/C18H20O5/c1-10(19)21-16-13(20)11-6-8-17(2,3)22-14(11)12-7-9-18(4,5)23-15(12)16/h6-9,20H,1-5H3. The molecule has 23 heavy (non-hydrogen) atoms. The largest absolute Gasteiger partial charge is 0.504 e. The van der Waals surface area contributed by atoms with Crippen LogP contribution >= 0.6 is 0 Å². The third-order valence-corrected chi connectivity index (χ3v) is 3.69. The number of carbonyl (C=O) groups is 1. The van der Waals surface area contributed by atoms with Crippen LogP contribution in [0.4, 0.5) is 0 Å². The number of phenols is 1. The summed E-state index contributed by atoms with van der Waals surface area (Å²) in [4.78, 5) is 11.4. The normalized spacial score (nSPS) is 19.2. The molecule has 2 heterocycles. The molecule has 0 aromatic heterocycles. The van der Waals surface area contributed by atoms with Gasteiger partial charge in [-0.2, -0.15) is 0 Å². The number of hydrogen-bond donors (Lipinski definition) is 1. The van der Waals surface area contributed by atoms with E-state index in [4.69, 9.17) is 14.2 Å². The Hall–Kier alpha value is -2.43. The lowest BCUT2D eigenvalue weighted by Gasteiger charge is -2.34. The summed E-state index contributed by atoms with van der Waals surface area (Å²) in [5.74, 6) is 0.172. The number of aromatic hydroxyl groups is 1. The van der Waals surface area contributed by atoms with E-state index in [9.17, 15) is 9.90 Å². The minimum Gasteiger partial charge on any atom is -0.504 e. The van der Waals surface area contributed by atoms with E-state index in [1.165, 1.54) is 6.92 Å². The van der Waals surface area contributed by atoms with E-state index in [0.717, 1.165) is 0 Å². The summed E-state index contributed by atoms with van der Waals surface area (Å²) in [6.45, 7) is 8.89. The average molecular weight is 316 g/mol. The van der Waals surface area contributed by atoms with E-state index < -0.39 is 17.2 Å². The molecule has 5 nitrogen and oxygen atoms in total. The number of carbonyl (C=O) groups excluding carboxylic acids is 1. The van der Waals surface area contributed by atoms with Crippen LogP contribution in [-0.2, 0) is 4.79 Å². The third kappa shape index (κ3) is 2.67. The lowest BCUT2D eigenvalue weighted by atomic mass is 9.94. The van der Waals surface area contributed by atoms with Crippen molar-refractivity contribution in [2.75, 3.05) is 0 Å². The summed E-state index contributed by atoms with van der Waals surface area (Å²) in [5, 5.41) is 10.6. The predicted octanol–water partition coefficient (Wildman–Crippen LogP) is 3.69. The van der Waals surface area contributed by atoms with Crippen LogP contribution in [0.15, 0.2) is 12.2 Å². The molecule has 0 amide bonds. The van der Waals surface area contributed by atoms with Gasteiger partial charge >= 0.3 is 5.97 Å². The quantitative estimate of drug-likeness (QED) is 0.632. The van der Waals surface area contributed by atoms with Crippen molar-refractivity contribution < 1.29 is 24.1 Å². The van der Waals surface area contributed by atoms with Gasteiger partial charge in [-0.1, -0.05) is 0 Å². The van der Waals surface area contributed by atoms with Gasteiger partial charge in [0.1, 0.15) is 17.0 Å². The summed E-state index contributed by atoms with van der Waals surface area (Å²) in [6, 6.07) is 0. The minimum atomic E-state index is -0.581. The van der Waals surface area contributed by atoms with E-state index in [-0.39, 0.29) is 11.5 Å². The molecule has 2 aliphatic heterocycles. The van der Waals surface area contributed by atoms with Crippen molar-refractivity contribution in [1.82, 2.24) is 0 Å². The Bertz CT molecular complexity index is 753. The number of ether oxygens (including phenoxy) is 3. The van der Waals surface area contributed by atoms with Crippen LogP contribution in [-0.4, -0.2) is 22.3 Å². The fourth-order valence-electron chi connectivity index (χ4n) is 2.63. The van der Waals surface area contributed by atoms with Crippen molar-refractivity contribution >= 4 is 18.1 Å². The molecule has 5 heteroatoms. The highest BCUT2D eigenvalue weighted by molar-refractivity contribution is 5.85. The van der Waals surface area contributed by atoms with E-state index in [1.807, 2.05) is 45.9 Å². The van der Waals surface area contributed by atoms with Gasteiger partial charge in [0.15, 0.2) is 11.5 Å². The topological polar surface area (TPSA) is 65.0 Å². The molecule has 0 fully saturated rings. The molecule has 1 aromatic rings. The van der Waals surface area contributed by atoms with E-state index >= 15 is 0 Å². The minimum absolute atomic E-state index is 0.0247. The Morgan fingerprint density at radius 1 is 1.00 bits per heavy atom. The van der Waals surface area contributed by atoms with Crippen molar-refractivity contribution in [3.63, 3.8) is 0 Å². The monoisotopic (exact) mass is 316 g/mol. The van der Waals surface area contributed by atoms with Gasteiger partial charge in [-0.25, -0.2) is 0 Å². The summed E-state index contributed by atoms with van der Waals surface area (Å²) in [6.07, 6.45) is 7.39.